The van der Waals surface area contributed by atoms with Gasteiger partial charge in [-0.05, 0) is 39.1 Å². The highest BCUT2D eigenvalue weighted by Crippen LogP contribution is 2.27. The van der Waals surface area contributed by atoms with Gasteiger partial charge >= 0.3 is 0 Å². The quantitative estimate of drug-likeness (QED) is 0.790. The molecular weight excluding hydrogens is 232 g/mol. The summed E-state index contributed by atoms with van der Waals surface area (Å²) < 4.78 is 0. The first-order valence-electron chi connectivity index (χ1n) is 6.57. The lowest BCUT2D eigenvalue weighted by Gasteiger charge is -2.34. The van der Waals surface area contributed by atoms with Crippen LogP contribution >= 0.6 is 11.8 Å². The molecule has 1 N–H and O–H groups in total. The van der Waals surface area contributed by atoms with Crippen LogP contribution in [0.1, 0.15) is 32.1 Å². The van der Waals surface area contributed by atoms with Gasteiger partial charge in [0.25, 0.3) is 0 Å². The Morgan fingerprint density at radius 1 is 1.35 bits per heavy atom. The summed E-state index contributed by atoms with van der Waals surface area (Å²) in [6, 6.07) is 0.501. The van der Waals surface area contributed by atoms with Crippen LogP contribution in [0.25, 0.3) is 0 Å². The number of carbonyl (C=O) groups excluding carboxylic acids is 1. The number of amides is 1. The van der Waals surface area contributed by atoms with Crippen LogP contribution in [0.4, 0.5) is 0 Å². The van der Waals surface area contributed by atoms with E-state index in [4.69, 9.17) is 0 Å². The summed E-state index contributed by atoms with van der Waals surface area (Å²) in [5.41, 5.74) is 0. The minimum absolute atomic E-state index is 0.167. The molecule has 0 heterocycles. The summed E-state index contributed by atoms with van der Waals surface area (Å²) in [4.78, 5) is 13.8. The molecule has 0 saturated heterocycles. The Balaban J connectivity index is 2.39. The minimum atomic E-state index is 0.167. The molecule has 1 aliphatic rings. The van der Waals surface area contributed by atoms with Crippen LogP contribution in [0.3, 0.4) is 0 Å². The zero-order valence-electron chi connectivity index (χ0n) is 11.4. The predicted octanol–water partition coefficient (Wildman–Crippen LogP) is 1.98. The molecule has 0 aromatic carbocycles. The van der Waals surface area contributed by atoms with E-state index in [1.165, 1.54) is 32.1 Å². The van der Waals surface area contributed by atoms with Gasteiger partial charge in [-0.1, -0.05) is 19.3 Å². The third-order valence-corrected chi connectivity index (χ3v) is 4.19. The maximum absolute atomic E-state index is 11.5. The van der Waals surface area contributed by atoms with Crippen molar-refractivity contribution in [3.05, 3.63) is 0 Å². The molecule has 0 spiro atoms. The van der Waals surface area contributed by atoms with Crippen molar-refractivity contribution >= 4 is 17.7 Å². The number of rotatable bonds is 6. The van der Waals surface area contributed by atoms with Crippen molar-refractivity contribution in [1.82, 2.24) is 10.2 Å². The molecule has 1 rings (SSSR count). The number of carbonyl (C=O) groups is 1. The number of hydrogen-bond acceptors (Lipinski definition) is 3. The van der Waals surface area contributed by atoms with Gasteiger partial charge in [0.2, 0.25) is 5.91 Å². The summed E-state index contributed by atoms with van der Waals surface area (Å²) >= 11 is 1.58. The van der Waals surface area contributed by atoms with Gasteiger partial charge in [-0.3, -0.25) is 4.79 Å². The zero-order chi connectivity index (χ0) is 12.7. The molecule has 0 aromatic rings. The lowest BCUT2D eigenvalue weighted by molar-refractivity contribution is -0.118. The van der Waals surface area contributed by atoms with Crippen LogP contribution in [0, 0.1) is 5.92 Å². The molecule has 1 saturated carbocycles. The van der Waals surface area contributed by atoms with E-state index >= 15 is 0 Å². The third-order valence-electron chi connectivity index (χ3n) is 3.64. The Morgan fingerprint density at radius 3 is 2.53 bits per heavy atom. The summed E-state index contributed by atoms with van der Waals surface area (Å²) in [6.07, 6.45) is 8.70. The number of thioether (sulfide) groups is 1. The largest absolute Gasteiger partial charge is 0.354 e. The van der Waals surface area contributed by atoms with Gasteiger partial charge in [0, 0.05) is 12.6 Å². The molecule has 1 fully saturated rings. The smallest absolute Gasteiger partial charge is 0.230 e. The van der Waals surface area contributed by atoms with Crippen LogP contribution in [0.2, 0.25) is 0 Å². The maximum atomic E-state index is 11.5. The molecule has 3 nitrogen and oxygen atoms in total. The Hall–Kier alpha value is -0.220. The lowest BCUT2D eigenvalue weighted by Crippen LogP contribution is -2.45. The standard InChI is InChI=1S/C13H26N2OS/c1-15(2)12(9-14-13(16)10-17-3)11-7-5-4-6-8-11/h11-12H,4-10H2,1-3H3,(H,14,16)/t12-/m1/s1. The van der Waals surface area contributed by atoms with Crippen molar-refractivity contribution in [2.45, 2.75) is 38.1 Å². The van der Waals surface area contributed by atoms with Gasteiger partial charge in [0.05, 0.1) is 5.75 Å². The predicted molar refractivity (Wildman–Crippen MR) is 75.4 cm³/mol. The number of hydrogen-bond donors (Lipinski definition) is 1. The summed E-state index contributed by atoms with van der Waals surface area (Å²) in [6.45, 7) is 0.803. The van der Waals surface area contributed by atoms with Crippen LogP contribution in [-0.4, -0.2) is 49.5 Å². The van der Waals surface area contributed by atoms with Crippen molar-refractivity contribution in [3.63, 3.8) is 0 Å². The molecule has 4 heteroatoms. The molecule has 0 radical (unpaired) electrons. The molecule has 0 bridgehead atoms. The number of likely N-dealkylation sites (N-methyl/N-ethyl adjacent to an activating group) is 1. The van der Waals surface area contributed by atoms with Gasteiger partial charge in [-0.25, -0.2) is 0 Å². The lowest BCUT2D eigenvalue weighted by atomic mass is 9.83. The fourth-order valence-corrected chi connectivity index (χ4v) is 3.05. The van der Waals surface area contributed by atoms with Crippen LogP contribution in [0.5, 0.6) is 0 Å². The molecule has 17 heavy (non-hydrogen) atoms. The van der Waals surface area contributed by atoms with E-state index in [0.717, 1.165) is 12.5 Å². The normalized spacial score (nSPS) is 19.3. The van der Waals surface area contributed by atoms with Gasteiger partial charge in [0.1, 0.15) is 0 Å². The highest BCUT2D eigenvalue weighted by Gasteiger charge is 2.25. The second-order valence-electron chi connectivity index (χ2n) is 5.17. The van der Waals surface area contributed by atoms with E-state index < -0.39 is 0 Å². The molecule has 0 aliphatic heterocycles. The first kappa shape index (κ1) is 14.8. The monoisotopic (exact) mass is 258 g/mol. The molecule has 1 aliphatic carbocycles. The number of nitrogens with zero attached hydrogens (tertiary/aromatic N) is 1. The second-order valence-corrected chi connectivity index (χ2v) is 6.03. The SMILES string of the molecule is CSCC(=O)NC[C@H](C1CCCCC1)N(C)C. The van der Waals surface area contributed by atoms with Gasteiger partial charge in [-0.2, -0.15) is 11.8 Å². The second kappa shape index (κ2) is 7.98. The highest BCUT2D eigenvalue weighted by atomic mass is 32.2. The third kappa shape index (κ3) is 5.30. The van der Waals surface area contributed by atoms with Crippen molar-refractivity contribution in [1.29, 1.82) is 0 Å². The Kier molecular flexibility index (Phi) is 6.97. The fraction of sp³-hybridized carbons (Fsp3) is 0.923. The number of nitrogens with one attached hydrogen (secondary N) is 1. The van der Waals surface area contributed by atoms with Gasteiger partial charge < -0.3 is 10.2 Å². The Bertz CT molecular complexity index is 227. The van der Waals surface area contributed by atoms with Crippen LogP contribution in [-0.2, 0) is 4.79 Å². The zero-order valence-corrected chi connectivity index (χ0v) is 12.2. The summed E-state index contributed by atoms with van der Waals surface area (Å²) in [5, 5.41) is 3.06. The average Bonchev–Trinajstić information content (AvgIpc) is 2.30. The first-order chi connectivity index (χ1) is 8.15. The molecule has 0 unspecified atom stereocenters. The summed E-state index contributed by atoms with van der Waals surface area (Å²) in [7, 11) is 4.25. The minimum Gasteiger partial charge on any atom is -0.354 e. The highest BCUT2D eigenvalue weighted by molar-refractivity contribution is 7.99. The van der Waals surface area contributed by atoms with Crippen molar-refractivity contribution in [2.75, 3.05) is 32.6 Å². The van der Waals surface area contributed by atoms with Crippen LogP contribution < -0.4 is 5.32 Å². The molecule has 1 amide bonds. The Labute approximate surface area is 110 Å². The molecule has 100 valence electrons. The van der Waals surface area contributed by atoms with E-state index in [1.807, 2.05) is 6.26 Å². The van der Waals surface area contributed by atoms with E-state index in [2.05, 4.69) is 24.3 Å². The first-order valence-corrected chi connectivity index (χ1v) is 7.96. The van der Waals surface area contributed by atoms with Gasteiger partial charge in [-0.15, -0.1) is 0 Å². The molecule has 0 aromatic heterocycles. The van der Waals surface area contributed by atoms with E-state index in [0.29, 0.717) is 11.8 Å². The maximum Gasteiger partial charge on any atom is 0.230 e. The topological polar surface area (TPSA) is 32.3 Å². The van der Waals surface area contributed by atoms with Crippen LogP contribution in [0.15, 0.2) is 0 Å². The van der Waals surface area contributed by atoms with Crippen molar-refractivity contribution < 1.29 is 4.79 Å². The fourth-order valence-electron chi connectivity index (χ4n) is 2.69. The van der Waals surface area contributed by atoms with E-state index in [9.17, 15) is 4.79 Å². The molecule has 1 atom stereocenters. The average molecular weight is 258 g/mol. The Morgan fingerprint density at radius 2 is 2.00 bits per heavy atom. The van der Waals surface area contributed by atoms with E-state index in [1.54, 1.807) is 11.8 Å². The molecular formula is C13H26N2OS. The van der Waals surface area contributed by atoms with Gasteiger partial charge in [0.15, 0.2) is 0 Å². The van der Waals surface area contributed by atoms with Crippen molar-refractivity contribution in [3.8, 4) is 0 Å². The van der Waals surface area contributed by atoms with E-state index in [-0.39, 0.29) is 5.91 Å². The van der Waals surface area contributed by atoms with Crippen molar-refractivity contribution in [2.24, 2.45) is 5.92 Å². The summed E-state index contributed by atoms with van der Waals surface area (Å²) in [5.74, 6) is 1.50.